The third-order valence-electron chi connectivity index (χ3n) is 4.45. The summed E-state index contributed by atoms with van der Waals surface area (Å²) in [5, 5.41) is 3.45. The van der Waals surface area contributed by atoms with E-state index in [1.54, 1.807) is 0 Å². The molecule has 0 spiro atoms. The van der Waals surface area contributed by atoms with Crippen LogP contribution >= 0.6 is 23.2 Å². The standard InChI is InChI=1S/C22H37Cl2N3O4S/c1-16(2)13-18(26-21(28)31-22(3,4)5)15-27(6)12-8-7-11-25-32(29,30)20-10-9-17(23)14-19(20)24/h9-10,14,16,18,25H,7-8,11-13,15H2,1-6H3,(H,26,28)/t18-/m0/s1. The summed E-state index contributed by atoms with van der Waals surface area (Å²) in [6.45, 7) is 11.5. The molecule has 0 heterocycles. The third-order valence-corrected chi connectivity index (χ3v) is 6.63. The van der Waals surface area contributed by atoms with E-state index >= 15 is 0 Å². The fraction of sp³-hybridized carbons (Fsp3) is 0.682. The fourth-order valence-electron chi connectivity index (χ4n) is 3.17. The molecule has 1 amide bonds. The second kappa shape index (κ2) is 13.0. The molecule has 0 aliphatic heterocycles. The van der Waals surface area contributed by atoms with E-state index in [0.29, 0.717) is 30.5 Å². The molecule has 0 unspecified atom stereocenters. The van der Waals surface area contributed by atoms with Crippen LogP contribution in [0.4, 0.5) is 4.79 Å². The highest BCUT2D eigenvalue weighted by Gasteiger charge is 2.21. The number of alkyl carbamates (subject to hydrolysis) is 1. The number of amides is 1. The van der Waals surface area contributed by atoms with Gasteiger partial charge in [-0.05, 0) is 77.7 Å². The van der Waals surface area contributed by atoms with Crippen molar-refractivity contribution >= 4 is 39.3 Å². The van der Waals surface area contributed by atoms with Gasteiger partial charge in [0, 0.05) is 24.2 Å². The maximum absolute atomic E-state index is 12.4. The molecule has 1 aromatic rings. The minimum Gasteiger partial charge on any atom is -0.444 e. The average Bonchev–Trinajstić information content (AvgIpc) is 2.58. The second-order valence-electron chi connectivity index (χ2n) is 9.41. The Balaban J connectivity index is 2.46. The smallest absolute Gasteiger partial charge is 0.407 e. The van der Waals surface area contributed by atoms with Crippen LogP contribution in [0, 0.1) is 5.92 Å². The molecule has 32 heavy (non-hydrogen) atoms. The number of hydrogen-bond donors (Lipinski definition) is 2. The van der Waals surface area contributed by atoms with Crippen LogP contribution in [-0.4, -0.2) is 57.7 Å². The van der Waals surface area contributed by atoms with Crippen molar-refractivity contribution in [3.63, 3.8) is 0 Å². The van der Waals surface area contributed by atoms with Crippen LogP contribution in [0.2, 0.25) is 10.0 Å². The van der Waals surface area contributed by atoms with Gasteiger partial charge in [0.2, 0.25) is 10.0 Å². The molecule has 0 saturated carbocycles. The topological polar surface area (TPSA) is 87.7 Å². The van der Waals surface area contributed by atoms with Gasteiger partial charge in [-0.2, -0.15) is 0 Å². The molecular weight excluding hydrogens is 473 g/mol. The Morgan fingerprint density at radius 3 is 2.41 bits per heavy atom. The van der Waals surface area contributed by atoms with Gasteiger partial charge >= 0.3 is 6.09 Å². The monoisotopic (exact) mass is 509 g/mol. The molecule has 0 aliphatic carbocycles. The Morgan fingerprint density at radius 2 is 1.84 bits per heavy atom. The number of nitrogens with one attached hydrogen (secondary N) is 2. The number of nitrogens with zero attached hydrogens (tertiary/aromatic N) is 1. The molecule has 0 radical (unpaired) electrons. The summed E-state index contributed by atoms with van der Waals surface area (Å²) < 4.78 is 32.8. The highest BCUT2D eigenvalue weighted by molar-refractivity contribution is 7.89. The summed E-state index contributed by atoms with van der Waals surface area (Å²) in [7, 11) is -1.70. The lowest BCUT2D eigenvalue weighted by atomic mass is 10.0. The lowest BCUT2D eigenvalue weighted by Gasteiger charge is -2.28. The van der Waals surface area contributed by atoms with Crippen molar-refractivity contribution in [3.8, 4) is 0 Å². The van der Waals surface area contributed by atoms with Crippen molar-refractivity contribution in [1.82, 2.24) is 14.9 Å². The molecule has 7 nitrogen and oxygen atoms in total. The highest BCUT2D eigenvalue weighted by Crippen LogP contribution is 2.24. The maximum atomic E-state index is 12.4. The molecule has 2 N–H and O–H groups in total. The first-order valence-corrected chi connectivity index (χ1v) is 13.1. The van der Waals surface area contributed by atoms with Gasteiger partial charge in [-0.1, -0.05) is 37.0 Å². The summed E-state index contributed by atoms with van der Waals surface area (Å²) in [6.07, 6.45) is 1.90. The van der Waals surface area contributed by atoms with E-state index in [4.69, 9.17) is 27.9 Å². The van der Waals surface area contributed by atoms with Crippen LogP contribution in [0.5, 0.6) is 0 Å². The quantitative estimate of drug-likeness (QED) is 0.390. The molecule has 0 bridgehead atoms. The van der Waals surface area contributed by atoms with E-state index in [0.717, 1.165) is 19.4 Å². The Morgan fingerprint density at radius 1 is 1.19 bits per heavy atom. The number of carbonyl (C=O) groups is 1. The molecule has 1 atom stereocenters. The third kappa shape index (κ3) is 11.7. The first-order chi connectivity index (χ1) is 14.7. The van der Waals surface area contributed by atoms with Gasteiger partial charge in [0.1, 0.15) is 10.5 Å². The van der Waals surface area contributed by atoms with Crippen LogP contribution in [0.3, 0.4) is 0 Å². The Kier molecular flexibility index (Phi) is 11.8. The van der Waals surface area contributed by atoms with Crippen molar-refractivity contribution in [1.29, 1.82) is 0 Å². The van der Waals surface area contributed by atoms with Crippen molar-refractivity contribution < 1.29 is 17.9 Å². The van der Waals surface area contributed by atoms with Crippen molar-refractivity contribution in [2.45, 2.75) is 70.4 Å². The van der Waals surface area contributed by atoms with Gasteiger partial charge in [-0.25, -0.2) is 17.9 Å². The maximum Gasteiger partial charge on any atom is 0.407 e. The van der Waals surface area contributed by atoms with Gasteiger partial charge in [0.25, 0.3) is 0 Å². The fourth-order valence-corrected chi connectivity index (χ4v) is 5.02. The summed E-state index contributed by atoms with van der Waals surface area (Å²) in [4.78, 5) is 14.3. The van der Waals surface area contributed by atoms with E-state index in [1.807, 2.05) is 27.8 Å². The first-order valence-electron chi connectivity index (χ1n) is 10.8. The SMILES string of the molecule is CC(C)C[C@@H](CN(C)CCCCNS(=O)(=O)c1ccc(Cl)cc1Cl)NC(=O)OC(C)(C)C. The zero-order valence-corrected chi connectivity index (χ0v) is 22.2. The number of rotatable bonds is 12. The number of sulfonamides is 1. The zero-order valence-electron chi connectivity index (χ0n) is 19.9. The van der Waals surface area contributed by atoms with Crippen LogP contribution in [0.1, 0.15) is 53.9 Å². The van der Waals surface area contributed by atoms with Crippen LogP contribution in [0.25, 0.3) is 0 Å². The number of ether oxygens (including phenoxy) is 1. The van der Waals surface area contributed by atoms with Gasteiger partial charge in [0.15, 0.2) is 0 Å². The Bertz CT molecular complexity index is 842. The Labute approximate surface area is 203 Å². The number of benzene rings is 1. The van der Waals surface area contributed by atoms with Crippen molar-refractivity contribution in [3.05, 3.63) is 28.2 Å². The van der Waals surface area contributed by atoms with E-state index < -0.39 is 21.7 Å². The number of halogens is 2. The van der Waals surface area contributed by atoms with Gasteiger partial charge in [0.05, 0.1) is 5.02 Å². The number of carbonyl (C=O) groups excluding carboxylic acids is 1. The molecule has 10 heteroatoms. The molecule has 1 rings (SSSR count). The first kappa shape index (κ1) is 29.0. The molecule has 0 aliphatic rings. The van der Waals surface area contributed by atoms with Gasteiger partial charge < -0.3 is 15.0 Å². The summed E-state index contributed by atoms with van der Waals surface area (Å²) in [6, 6.07) is 4.27. The molecule has 1 aromatic carbocycles. The van der Waals surface area contributed by atoms with Crippen molar-refractivity contribution in [2.75, 3.05) is 26.7 Å². The van der Waals surface area contributed by atoms with E-state index in [1.165, 1.54) is 18.2 Å². The van der Waals surface area contributed by atoms with Crippen LogP contribution in [-0.2, 0) is 14.8 Å². The second-order valence-corrected chi connectivity index (χ2v) is 12.0. The van der Waals surface area contributed by atoms with Crippen LogP contribution < -0.4 is 10.0 Å². The largest absolute Gasteiger partial charge is 0.444 e. The predicted molar refractivity (Wildman–Crippen MR) is 131 cm³/mol. The van der Waals surface area contributed by atoms with Crippen molar-refractivity contribution in [2.24, 2.45) is 5.92 Å². The molecule has 0 fully saturated rings. The van der Waals surface area contributed by atoms with Gasteiger partial charge in [-0.3, -0.25) is 0 Å². The summed E-state index contributed by atoms with van der Waals surface area (Å²) in [5.74, 6) is 0.428. The summed E-state index contributed by atoms with van der Waals surface area (Å²) in [5.41, 5.74) is -0.540. The molecule has 0 aromatic heterocycles. The lowest BCUT2D eigenvalue weighted by Crippen LogP contribution is -2.45. The lowest BCUT2D eigenvalue weighted by molar-refractivity contribution is 0.0487. The predicted octanol–water partition coefficient (Wildman–Crippen LogP) is 4.92. The van der Waals surface area contributed by atoms with E-state index in [2.05, 4.69) is 28.8 Å². The Hall–Kier alpha value is -1.06. The van der Waals surface area contributed by atoms with Gasteiger partial charge in [-0.15, -0.1) is 0 Å². The number of unbranched alkanes of at least 4 members (excludes halogenated alkanes) is 1. The minimum absolute atomic E-state index is 0.0189. The highest BCUT2D eigenvalue weighted by atomic mass is 35.5. The normalized spacial score (nSPS) is 13.4. The minimum atomic E-state index is -3.69. The van der Waals surface area contributed by atoms with E-state index in [-0.39, 0.29) is 16.0 Å². The average molecular weight is 511 g/mol. The molecule has 184 valence electrons. The number of likely N-dealkylation sites (N-methyl/N-ethyl adjacent to an activating group) is 1. The molecular formula is C22H37Cl2N3O4S. The zero-order chi connectivity index (χ0) is 24.5. The van der Waals surface area contributed by atoms with Crippen LogP contribution in [0.15, 0.2) is 23.1 Å². The number of hydrogen-bond acceptors (Lipinski definition) is 5. The molecule has 0 saturated heterocycles. The van der Waals surface area contributed by atoms with E-state index in [9.17, 15) is 13.2 Å². The summed E-state index contributed by atoms with van der Waals surface area (Å²) >= 11 is 11.8.